The number of aliphatic hydroxyl groups excluding tert-OH is 1. The zero-order chi connectivity index (χ0) is 5.44. The first-order chi connectivity index (χ1) is 3.22. The molecule has 0 aromatic carbocycles. The van der Waals surface area contributed by atoms with E-state index in [4.69, 9.17) is 13.0 Å². The zero-order valence-corrected chi connectivity index (χ0v) is 3.59. The summed E-state index contributed by atoms with van der Waals surface area (Å²) in [5, 5.41) is 8.40. The van der Waals surface area contributed by atoms with Crippen LogP contribution in [0.1, 0.15) is 0 Å². The number of carbonyl (C=O) groups is 1. The van der Waals surface area contributed by atoms with Gasteiger partial charge in [0.25, 0.3) is 0 Å². The first-order valence-electron chi connectivity index (χ1n) is 1.92. The fourth-order valence-electron chi connectivity index (χ4n) is 0.375. The predicted octanol–water partition coefficient (Wildman–Crippen LogP) is -0.0320. The average molecular weight is 93.9 g/mol. The maximum absolute atomic E-state index is 10.1. The van der Waals surface area contributed by atoms with Gasteiger partial charge in [0, 0.05) is 11.9 Å². The molecule has 1 aliphatic carbocycles. The van der Waals surface area contributed by atoms with Crippen molar-refractivity contribution in [1.29, 1.82) is 0 Å². The summed E-state index contributed by atoms with van der Waals surface area (Å²) in [6, 6.07) is 0. The molecule has 0 aliphatic heterocycles. The van der Waals surface area contributed by atoms with Crippen LogP contribution in [-0.4, -0.2) is 18.7 Å². The SMILES string of the molecule is [B]C1C(=O)C=C1O. The molecule has 0 heterocycles. The van der Waals surface area contributed by atoms with E-state index in [1.165, 1.54) is 0 Å². The Morgan fingerprint density at radius 1 is 1.86 bits per heavy atom. The fraction of sp³-hybridized carbons (Fsp3) is 0.250. The van der Waals surface area contributed by atoms with Gasteiger partial charge in [-0.05, 0) is 0 Å². The normalized spacial score (nSPS) is 28.9. The lowest BCUT2D eigenvalue weighted by Crippen LogP contribution is -2.18. The lowest BCUT2D eigenvalue weighted by Gasteiger charge is -2.14. The van der Waals surface area contributed by atoms with E-state index in [0.717, 1.165) is 6.08 Å². The van der Waals surface area contributed by atoms with Crippen LogP contribution in [0.4, 0.5) is 0 Å². The molecule has 0 bridgehead atoms. The first-order valence-corrected chi connectivity index (χ1v) is 1.92. The van der Waals surface area contributed by atoms with Crippen LogP contribution in [0.3, 0.4) is 0 Å². The van der Waals surface area contributed by atoms with Crippen molar-refractivity contribution in [2.45, 2.75) is 5.82 Å². The van der Waals surface area contributed by atoms with Gasteiger partial charge in [-0.15, -0.1) is 0 Å². The third kappa shape index (κ3) is 0.445. The Labute approximate surface area is 42.2 Å². The van der Waals surface area contributed by atoms with E-state index in [2.05, 4.69) is 0 Å². The van der Waals surface area contributed by atoms with Gasteiger partial charge in [0.2, 0.25) is 0 Å². The number of hydrogen-bond donors (Lipinski definition) is 1. The van der Waals surface area contributed by atoms with Gasteiger partial charge < -0.3 is 5.11 Å². The Morgan fingerprint density at radius 3 is 2.43 bits per heavy atom. The highest BCUT2D eigenvalue weighted by Gasteiger charge is 2.23. The fourth-order valence-corrected chi connectivity index (χ4v) is 0.375. The van der Waals surface area contributed by atoms with Gasteiger partial charge in [-0.25, -0.2) is 0 Å². The Kier molecular flexibility index (Phi) is 0.710. The highest BCUT2D eigenvalue weighted by Crippen LogP contribution is 2.21. The number of hydrogen-bond acceptors (Lipinski definition) is 2. The summed E-state index contributed by atoms with van der Waals surface area (Å²) in [4.78, 5) is 10.1. The third-order valence-corrected chi connectivity index (χ3v) is 0.915. The summed E-state index contributed by atoms with van der Waals surface area (Å²) in [5.74, 6) is -0.928. The van der Waals surface area contributed by atoms with Gasteiger partial charge >= 0.3 is 0 Å². The molecule has 1 N–H and O–H groups in total. The minimum absolute atomic E-state index is 0.00926. The second-order valence-corrected chi connectivity index (χ2v) is 1.45. The van der Waals surface area contributed by atoms with E-state index in [1.807, 2.05) is 0 Å². The van der Waals surface area contributed by atoms with Crippen molar-refractivity contribution in [3.8, 4) is 0 Å². The third-order valence-electron chi connectivity index (χ3n) is 0.915. The Hall–Kier alpha value is -0.725. The van der Waals surface area contributed by atoms with Gasteiger partial charge in [0.15, 0.2) is 5.78 Å². The van der Waals surface area contributed by atoms with E-state index in [-0.39, 0.29) is 11.5 Å². The van der Waals surface area contributed by atoms with Crippen LogP contribution in [0.15, 0.2) is 11.8 Å². The van der Waals surface area contributed by atoms with Crippen LogP contribution in [0.2, 0.25) is 5.82 Å². The Bertz CT molecular complexity index is 139. The molecule has 3 heteroatoms. The maximum Gasteiger partial charge on any atom is 0.160 e. The summed E-state index contributed by atoms with van der Waals surface area (Å²) < 4.78 is 0. The van der Waals surface area contributed by atoms with Crippen LogP contribution >= 0.6 is 0 Å². The zero-order valence-electron chi connectivity index (χ0n) is 3.59. The smallest absolute Gasteiger partial charge is 0.160 e. The monoisotopic (exact) mass is 94.0 g/mol. The molecular formula is C4H3BO2. The molecule has 7 heavy (non-hydrogen) atoms. The molecule has 1 atom stereocenters. The van der Waals surface area contributed by atoms with E-state index < -0.39 is 5.82 Å². The Balaban J connectivity index is 2.75. The molecule has 2 radical (unpaired) electrons. The number of carbonyl (C=O) groups excluding carboxylic acids is 1. The molecule has 0 amide bonds. The quantitative estimate of drug-likeness (QED) is 0.428. The average Bonchev–Trinajstić information content (AvgIpc) is 1.68. The molecular weight excluding hydrogens is 90.9 g/mol. The number of ketones is 1. The van der Waals surface area contributed by atoms with Crippen molar-refractivity contribution < 1.29 is 9.90 Å². The van der Waals surface area contributed by atoms with Crippen LogP contribution in [0.5, 0.6) is 0 Å². The molecule has 0 saturated carbocycles. The van der Waals surface area contributed by atoms with Crippen LogP contribution < -0.4 is 0 Å². The second-order valence-electron chi connectivity index (χ2n) is 1.45. The van der Waals surface area contributed by atoms with Crippen molar-refractivity contribution in [2.75, 3.05) is 0 Å². The number of rotatable bonds is 0. The molecule has 0 aromatic heterocycles. The van der Waals surface area contributed by atoms with Crippen molar-refractivity contribution in [3.63, 3.8) is 0 Å². The van der Waals surface area contributed by atoms with Gasteiger partial charge in [-0.3, -0.25) is 4.79 Å². The van der Waals surface area contributed by atoms with Crippen molar-refractivity contribution in [3.05, 3.63) is 11.8 Å². The Morgan fingerprint density at radius 2 is 2.43 bits per heavy atom. The van der Waals surface area contributed by atoms with Crippen LogP contribution in [0.25, 0.3) is 0 Å². The number of allylic oxidation sites excluding steroid dienone is 2. The highest BCUT2D eigenvalue weighted by atomic mass is 16.3. The predicted molar refractivity (Wildman–Crippen MR) is 25.2 cm³/mol. The summed E-state index contributed by atoms with van der Waals surface area (Å²) >= 11 is 0. The van der Waals surface area contributed by atoms with Crippen molar-refractivity contribution in [2.24, 2.45) is 0 Å². The van der Waals surface area contributed by atoms with Crippen molar-refractivity contribution in [1.82, 2.24) is 0 Å². The number of aliphatic hydroxyl groups is 1. The summed E-state index contributed by atoms with van der Waals surface area (Å²) in [5.41, 5.74) is 0. The van der Waals surface area contributed by atoms with Crippen LogP contribution in [-0.2, 0) is 4.79 Å². The summed E-state index contributed by atoms with van der Waals surface area (Å²) in [7, 11) is 5.00. The van der Waals surface area contributed by atoms with E-state index in [0.29, 0.717) is 0 Å². The van der Waals surface area contributed by atoms with Gasteiger partial charge in [-0.1, -0.05) is 0 Å². The maximum atomic E-state index is 10.1. The van der Waals surface area contributed by atoms with E-state index in [1.54, 1.807) is 0 Å². The van der Waals surface area contributed by atoms with E-state index in [9.17, 15) is 4.79 Å². The minimum Gasteiger partial charge on any atom is -0.512 e. The van der Waals surface area contributed by atoms with Crippen molar-refractivity contribution >= 4 is 13.6 Å². The minimum atomic E-state index is -0.722. The molecule has 1 unspecified atom stereocenters. The molecule has 0 spiro atoms. The molecule has 2 nitrogen and oxygen atoms in total. The highest BCUT2D eigenvalue weighted by molar-refractivity contribution is 6.32. The molecule has 34 valence electrons. The lowest BCUT2D eigenvalue weighted by atomic mass is 9.74. The first kappa shape index (κ1) is 4.43. The van der Waals surface area contributed by atoms with Gasteiger partial charge in [-0.2, -0.15) is 0 Å². The standard InChI is InChI=1S/C4H3BO2/c5-4-2(6)1-3(4)7/h1,4,6H. The summed E-state index contributed by atoms with van der Waals surface area (Å²) in [6.07, 6.45) is 1.12. The van der Waals surface area contributed by atoms with Crippen LogP contribution in [0, 0.1) is 0 Å². The molecule has 1 aliphatic rings. The summed E-state index contributed by atoms with van der Waals surface area (Å²) in [6.45, 7) is 0. The lowest BCUT2D eigenvalue weighted by molar-refractivity contribution is -0.116. The second kappa shape index (κ2) is 1.12. The topological polar surface area (TPSA) is 37.3 Å². The molecule has 0 saturated heterocycles. The van der Waals surface area contributed by atoms with E-state index >= 15 is 0 Å². The molecule has 0 fully saturated rings. The van der Waals surface area contributed by atoms with Gasteiger partial charge in [0.05, 0.1) is 13.6 Å². The largest absolute Gasteiger partial charge is 0.512 e. The molecule has 0 aromatic rings. The molecule has 1 rings (SSSR count). The van der Waals surface area contributed by atoms with Gasteiger partial charge in [0.1, 0.15) is 0 Å².